The van der Waals surface area contributed by atoms with Crippen LogP contribution in [0.25, 0.3) is 0 Å². The van der Waals surface area contributed by atoms with Crippen molar-refractivity contribution < 1.29 is 18.3 Å². The number of esters is 1. The van der Waals surface area contributed by atoms with Gasteiger partial charge in [-0.2, -0.15) is 4.39 Å². The van der Waals surface area contributed by atoms with Gasteiger partial charge >= 0.3 is 5.97 Å². The van der Waals surface area contributed by atoms with Gasteiger partial charge in [-0.15, -0.1) is 0 Å². The molecular weight excluding hydrogens is 251 g/mol. The van der Waals surface area contributed by atoms with Gasteiger partial charge in [-0.1, -0.05) is 20.8 Å². The van der Waals surface area contributed by atoms with Crippen molar-refractivity contribution in [3.8, 4) is 0 Å². The van der Waals surface area contributed by atoms with Gasteiger partial charge in [0.2, 0.25) is 5.83 Å². The molecule has 0 aromatic carbocycles. The van der Waals surface area contributed by atoms with E-state index >= 15 is 0 Å². The maximum Gasteiger partial charge on any atom is 0.367 e. The zero-order valence-corrected chi connectivity index (χ0v) is 13.5. The van der Waals surface area contributed by atoms with Crippen LogP contribution in [0.1, 0.15) is 34.6 Å². The second-order valence-corrected chi connectivity index (χ2v) is 10.7. The Balaban J connectivity index is 4.64. The number of hydrogen-bond acceptors (Lipinski definition) is 3. The molecule has 0 aromatic heterocycles. The molecule has 0 spiro atoms. The van der Waals surface area contributed by atoms with Crippen molar-refractivity contribution in [2.45, 2.75) is 52.8 Å². The number of ether oxygens (including phenoxy) is 1. The van der Waals surface area contributed by atoms with Gasteiger partial charge in [0, 0.05) is 0 Å². The summed E-state index contributed by atoms with van der Waals surface area (Å²) >= 11 is 0. The van der Waals surface area contributed by atoms with Crippen LogP contribution < -0.4 is 0 Å². The zero-order valence-electron chi connectivity index (χ0n) is 12.5. The summed E-state index contributed by atoms with van der Waals surface area (Å²) < 4.78 is 24.0. The van der Waals surface area contributed by atoms with Crippen LogP contribution in [0.5, 0.6) is 0 Å². The Morgan fingerprint density at radius 2 is 1.78 bits per heavy atom. The Morgan fingerprint density at radius 1 is 1.28 bits per heavy atom. The molecule has 0 aliphatic carbocycles. The molecule has 0 atom stereocenters. The lowest BCUT2D eigenvalue weighted by molar-refractivity contribution is -0.140. The molecule has 0 aliphatic heterocycles. The van der Waals surface area contributed by atoms with Crippen LogP contribution in [0.15, 0.2) is 11.4 Å². The lowest BCUT2D eigenvalue weighted by Gasteiger charge is -2.36. The third kappa shape index (κ3) is 4.90. The lowest BCUT2D eigenvalue weighted by Crippen LogP contribution is -2.41. The van der Waals surface area contributed by atoms with E-state index in [1.54, 1.807) is 13.8 Å². The second-order valence-electron chi connectivity index (χ2n) is 5.86. The fourth-order valence-electron chi connectivity index (χ4n) is 0.937. The van der Waals surface area contributed by atoms with Gasteiger partial charge in [-0.05, 0) is 37.6 Å². The predicted octanol–water partition coefficient (Wildman–Crippen LogP) is 3.81. The van der Waals surface area contributed by atoms with Gasteiger partial charge in [0.1, 0.15) is 0 Å². The van der Waals surface area contributed by atoms with Crippen molar-refractivity contribution in [3.63, 3.8) is 0 Å². The number of carbonyl (C=O) groups excluding carboxylic acids is 1. The fraction of sp³-hybridized carbons (Fsp3) is 0.769. The zero-order chi connectivity index (χ0) is 14.6. The Morgan fingerprint density at radius 3 is 2.17 bits per heavy atom. The average molecular weight is 276 g/mol. The summed E-state index contributed by atoms with van der Waals surface area (Å²) in [5, 5.41) is 0.0632. The average Bonchev–Trinajstić information content (AvgIpc) is 2.23. The first-order valence-electron chi connectivity index (χ1n) is 6.19. The van der Waals surface area contributed by atoms with Crippen LogP contribution in [0.3, 0.4) is 0 Å². The summed E-state index contributed by atoms with van der Waals surface area (Å²) in [7, 11) is -1.92. The van der Waals surface area contributed by atoms with Crippen molar-refractivity contribution in [1.82, 2.24) is 0 Å². The highest BCUT2D eigenvalue weighted by molar-refractivity contribution is 6.74. The van der Waals surface area contributed by atoms with Crippen LogP contribution in [-0.4, -0.2) is 27.5 Å². The first-order valence-corrected chi connectivity index (χ1v) is 9.10. The molecule has 5 heteroatoms. The molecular formula is C13H25FO3Si. The normalized spacial score (nSPS) is 14.2. The largest absolute Gasteiger partial charge is 0.461 e. The molecule has 0 heterocycles. The lowest BCUT2D eigenvalue weighted by atomic mass is 10.2. The maximum atomic E-state index is 13.6. The molecule has 0 bridgehead atoms. The van der Waals surface area contributed by atoms with E-state index in [9.17, 15) is 9.18 Å². The number of halogens is 1. The van der Waals surface area contributed by atoms with E-state index in [2.05, 4.69) is 38.6 Å². The third-order valence-electron chi connectivity index (χ3n) is 3.29. The smallest absolute Gasteiger partial charge is 0.367 e. The summed E-state index contributed by atoms with van der Waals surface area (Å²) in [5.41, 5.74) is 0.290. The van der Waals surface area contributed by atoms with Crippen LogP contribution in [0, 0.1) is 0 Å². The number of carbonyl (C=O) groups is 1. The van der Waals surface area contributed by atoms with Gasteiger partial charge in [0.15, 0.2) is 8.32 Å². The highest BCUT2D eigenvalue weighted by Gasteiger charge is 2.37. The summed E-state index contributed by atoms with van der Waals surface area (Å²) in [6.07, 6.45) is 0. The molecule has 0 aliphatic rings. The topological polar surface area (TPSA) is 35.5 Å². The van der Waals surface area contributed by atoms with E-state index < -0.39 is 20.1 Å². The minimum absolute atomic E-state index is 0.0632. The molecule has 0 aromatic rings. The molecule has 0 radical (unpaired) electrons. The highest BCUT2D eigenvalue weighted by Crippen LogP contribution is 2.36. The minimum Gasteiger partial charge on any atom is -0.461 e. The molecule has 0 rings (SSSR count). The van der Waals surface area contributed by atoms with E-state index in [1.165, 1.54) is 0 Å². The molecule has 0 unspecified atom stereocenters. The quantitative estimate of drug-likeness (QED) is 0.435. The van der Waals surface area contributed by atoms with Gasteiger partial charge in [0.05, 0.1) is 13.2 Å². The summed E-state index contributed by atoms with van der Waals surface area (Å²) in [4.78, 5) is 11.2. The van der Waals surface area contributed by atoms with E-state index in [0.717, 1.165) is 0 Å². The summed E-state index contributed by atoms with van der Waals surface area (Å²) in [6.45, 7) is 14.0. The van der Waals surface area contributed by atoms with Crippen molar-refractivity contribution in [1.29, 1.82) is 0 Å². The predicted molar refractivity (Wildman–Crippen MR) is 73.6 cm³/mol. The Bertz CT molecular complexity index is 330. The summed E-state index contributed by atoms with van der Waals surface area (Å²) in [6, 6.07) is 0. The van der Waals surface area contributed by atoms with Crippen LogP contribution in [-0.2, 0) is 14.0 Å². The first kappa shape index (κ1) is 17.3. The standard InChI is InChI=1S/C13H25FO3Si/c1-8-16-12(15)11(14)10(2)9-17-18(6,7)13(3,4)5/h8-9H2,1-7H3. The third-order valence-corrected chi connectivity index (χ3v) is 7.76. The van der Waals surface area contributed by atoms with Crippen molar-refractivity contribution in [2.75, 3.05) is 13.2 Å². The molecule has 0 fully saturated rings. The number of rotatable bonds is 5. The number of hydrogen-bond donors (Lipinski definition) is 0. The van der Waals surface area contributed by atoms with Gasteiger partial charge < -0.3 is 9.16 Å². The fourth-order valence-corrected chi connectivity index (χ4v) is 1.95. The van der Waals surface area contributed by atoms with Crippen LogP contribution in [0.4, 0.5) is 4.39 Å². The molecule has 0 N–H and O–H groups in total. The van der Waals surface area contributed by atoms with E-state index in [4.69, 9.17) is 4.43 Å². The van der Waals surface area contributed by atoms with Crippen molar-refractivity contribution in [2.24, 2.45) is 0 Å². The van der Waals surface area contributed by atoms with Crippen molar-refractivity contribution in [3.05, 3.63) is 11.4 Å². The molecule has 18 heavy (non-hydrogen) atoms. The molecule has 106 valence electrons. The Hall–Kier alpha value is -0.683. The monoisotopic (exact) mass is 276 g/mol. The van der Waals surface area contributed by atoms with Crippen LogP contribution in [0.2, 0.25) is 18.1 Å². The summed E-state index contributed by atoms with van der Waals surface area (Å²) in [5.74, 6) is -1.75. The Kier molecular flexibility index (Phi) is 6.23. The van der Waals surface area contributed by atoms with E-state index in [-0.39, 0.29) is 18.3 Å². The highest BCUT2D eigenvalue weighted by atomic mass is 28.4. The van der Waals surface area contributed by atoms with Gasteiger partial charge in [0.25, 0.3) is 0 Å². The van der Waals surface area contributed by atoms with Crippen LogP contribution >= 0.6 is 0 Å². The molecule has 0 saturated carbocycles. The maximum absolute atomic E-state index is 13.6. The van der Waals surface area contributed by atoms with Crippen molar-refractivity contribution >= 4 is 14.3 Å². The van der Waals surface area contributed by atoms with Gasteiger partial charge in [-0.3, -0.25) is 0 Å². The first-order chi connectivity index (χ1) is 8.03. The van der Waals surface area contributed by atoms with Gasteiger partial charge in [-0.25, -0.2) is 4.79 Å². The second kappa shape index (κ2) is 6.47. The minimum atomic E-state index is -1.92. The SMILES string of the molecule is CCOC(=O)C(F)=C(C)CO[Si](C)(C)C(C)(C)C. The van der Waals surface area contributed by atoms with E-state index in [1.807, 2.05) is 0 Å². The van der Waals surface area contributed by atoms with E-state index in [0.29, 0.717) is 5.57 Å². The Labute approximate surface area is 110 Å². The molecule has 0 amide bonds. The molecule has 0 saturated heterocycles. The molecule has 3 nitrogen and oxygen atoms in total.